The van der Waals surface area contributed by atoms with Gasteiger partial charge < -0.3 is 0 Å². The van der Waals surface area contributed by atoms with E-state index >= 15 is 0 Å². The highest BCUT2D eigenvalue weighted by molar-refractivity contribution is 7.81. The molecule has 0 fully saturated rings. The maximum atomic E-state index is 12.5. The molecule has 6 nitrogen and oxygen atoms in total. The highest BCUT2D eigenvalue weighted by Crippen LogP contribution is 2.41. The fraction of sp³-hybridized carbons (Fsp3) is 1.00. The summed E-state index contributed by atoms with van der Waals surface area (Å²) in [5.74, 6) is 0. The second-order valence-corrected chi connectivity index (χ2v) is 4.38. The minimum atomic E-state index is -6.39. The minimum Gasteiger partial charge on any atom is -0.182 e. The van der Waals surface area contributed by atoms with Crippen LogP contribution < -0.4 is 0 Å². The normalized spacial score (nSPS) is 18.1. The first kappa shape index (κ1) is 15.8. The van der Waals surface area contributed by atoms with Gasteiger partial charge >= 0.3 is 32.4 Å². The van der Waals surface area contributed by atoms with Crippen molar-refractivity contribution in [3.63, 3.8) is 0 Å². The standard InChI is InChI=1S/C2ClF5O6S2/c3-1(4,13-15(7,9)10)2(5,6)14-16(8,11)12. The molecular weight excluding hydrogens is 315 g/mol. The molecule has 1 atom stereocenters. The Morgan fingerprint density at radius 1 is 0.875 bits per heavy atom. The van der Waals surface area contributed by atoms with Gasteiger partial charge in [0.05, 0.1) is 0 Å². The molecule has 0 aliphatic carbocycles. The molecule has 14 heteroatoms. The molecule has 98 valence electrons. The number of hydrogen-bond donors (Lipinski definition) is 0. The molecule has 16 heavy (non-hydrogen) atoms. The molecule has 0 spiro atoms. The lowest BCUT2D eigenvalue weighted by Gasteiger charge is -2.22. The Labute approximate surface area is 90.7 Å². The van der Waals surface area contributed by atoms with E-state index in [4.69, 9.17) is 0 Å². The Morgan fingerprint density at radius 3 is 1.44 bits per heavy atom. The Balaban J connectivity index is 5.14. The third kappa shape index (κ3) is 5.20. The van der Waals surface area contributed by atoms with Crippen LogP contribution in [-0.4, -0.2) is 28.3 Å². The van der Waals surface area contributed by atoms with Crippen LogP contribution in [0.1, 0.15) is 0 Å². The molecule has 0 aromatic heterocycles. The van der Waals surface area contributed by atoms with E-state index in [1.807, 2.05) is 0 Å². The van der Waals surface area contributed by atoms with Crippen LogP contribution in [0.25, 0.3) is 0 Å². The molecule has 0 amide bonds. The topological polar surface area (TPSA) is 86.7 Å². The second-order valence-electron chi connectivity index (χ2n) is 1.99. The van der Waals surface area contributed by atoms with Gasteiger partial charge in [-0.3, -0.25) is 0 Å². The van der Waals surface area contributed by atoms with E-state index in [2.05, 4.69) is 20.0 Å². The van der Waals surface area contributed by atoms with E-state index in [-0.39, 0.29) is 0 Å². The van der Waals surface area contributed by atoms with Crippen LogP contribution in [0.2, 0.25) is 0 Å². The molecule has 0 aliphatic rings. The van der Waals surface area contributed by atoms with Crippen molar-refractivity contribution in [3.8, 4) is 0 Å². The Bertz CT molecular complexity index is 409. The van der Waals surface area contributed by atoms with Gasteiger partial charge in [0.25, 0.3) is 0 Å². The molecule has 0 heterocycles. The van der Waals surface area contributed by atoms with Crippen LogP contribution >= 0.6 is 11.6 Å². The van der Waals surface area contributed by atoms with E-state index in [1.165, 1.54) is 0 Å². The third-order valence-electron chi connectivity index (χ3n) is 0.747. The zero-order chi connectivity index (χ0) is 13.4. The van der Waals surface area contributed by atoms with Gasteiger partial charge in [0.1, 0.15) is 0 Å². The van der Waals surface area contributed by atoms with Gasteiger partial charge in [0.2, 0.25) is 0 Å². The van der Waals surface area contributed by atoms with Gasteiger partial charge in [-0.2, -0.15) is 38.4 Å². The number of halogens is 6. The van der Waals surface area contributed by atoms with Gasteiger partial charge in [-0.05, 0) is 11.6 Å². The highest BCUT2D eigenvalue weighted by Gasteiger charge is 2.63. The summed E-state index contributed by atoms with van der Waals surface area (Å²) in [6, 6.07) is 0. The predicted molar refractivity (Wildman–Crippen MR) is 36.9 cm³/mol. The van der Waals surface area contributed by atoms with Crippen LogP contribution in [0, 0.1) is 0 Å². The summed E-state index contributed by atoms with van der Waals surface area (Å²) in [6.45, 7) is 0. The lowest BCUT2D eigenvalue weighted by Crippen LogP contribution is -2.45. The molecule has 0 aromatic rings. The average Bonchev–Trinajstić information content (AvgIpc) is 1.72. The van der Waals surface area contributed by atoms with Crippen molar-refractivity contribution in [2.45, 2.75) is 11.4 Å². The van der Waals surface area contributed by atoms with E-state index in [9.17, 15) is 37.8 Å². The van der Waals surface area contributed by atoms with Crippen LogP contribution in [-0.2, 0) is 29.4 Å². The van der Waals surface area contributed by atoms with Gasteiger partial charge in [-0.1, -0.05) is 7.77 Å². The molecule has 0 radical (unpaired) electrons. The maximum Gasteiger partial charge on any atom is 0.447 e. The summed E-state index contributed by atoms with van der Waals surface area (Å²) in [6.07, 6.45) is -5.82. The summed E-state index contributed by atoms with van der Waals surface area (Å²) in [5, 5.41) is -5.28. The first-order chi connectivity index (χ1) is 6.66. The van der Waals surface area contributed by atoms with Gasteiger partial charge in [-0.25, -0.2) is 0 Å². The van der Waals surface area contributed by atoms with Gasteiger partial charge in [-0.15, -0.1) is 0 Å². The smallest absolute Gasteiger partial charge is 0.182 e. The number of alkyl halides is 4. The highest BCUT2D eigenvalue weighted by atomic mass is 35.5. The molecule has 0 aliphatic heterocycles. The molecule has 0 aromatic carbocycles. The molecule has 1 unspecified atom stereocenters. The quantitative estimate of drug-likeness (QED) is 0.426. The van der Waals surface area contributed by atoms with Crippen molar-refractivity contribution >= 4 is 32.6 Å². The largest absolute Gasteiger partial charge is 0.447 e. The van der Waals surface area contributed by atoms with Crippen molar-refractivity contribution in [2.75, 3.05) is 0 Å². The molecule has 0 N–H and O–H groups in total. The fourth-order valence-electron chi connectivity index (χ4n) is 0.347. The lowest BCUT2D eigenvalue weighted by molar-refractivity contribution is -0.288. The Morgan fingerprint density at radius 2 is 1.19 bits per heavy atom. The second kappa shape index (κ2) is 4.21. The SMILES string of the molecule is O=S(=O)(F)OC(F)(F)C(F)(Cl)OS(=O)(=O)F. The molecule has 0 saturated heterocycles. The predicted octanol–water partition coefficient (Wildman–Crippen LogP) is 0.903. The van der Waals surface area contributed by atoms with Crippen molar-refractivity contribution in [3.05, 3.63) is 0 Å². The van der Waals surface area contributed by atoms with Gasteiger partial charge in [0, 0.05) is 0 Å². The van der Waals surface area contributed by atoms with E-state index in [0.29, 0.717) is 0 Å². The minimum absolute atomic E-state index is 2.14. The third-order valence-corrected chi connectivity index (χ3v) is 1.97. The van der Waals surface area contributed by atoms with Crippen LogP contribution in [0.5, 0.6) is 0 Å². The van der Waals surface area contributed by atoms with Crippen LogP contribution in [0.4, 0.5) is 20.9 Å². The Kier molecular flexibility index (Phi) is 4.15. The molecular formula is C2ClF5O6S2. The zero-order valence-corrected chi connectivity index (χ0v) is 8.92. The lowest BCUT2D eigenvalue weighted by atomic mass is 10.6. The summed E-state index contributed by atoms with van der Waals surface area (Å²) in [7, 11) is -12.7. The van der Waals surface area contributed by atoms with Crippen molar-refractivity contribution in [1.82, 2.24) is 0 Å². The average molecular weight is 315 g/mol. The summed E-state index contributed by atoms with van der Waals surface area (Å²) >= 11 is 4.00. The monoisotopic (exact) mass is 314 g/mol. The van der Waals surface area contributed by atoms with Crippen molar-refractivity contribution < 1.29 is 46.1 Å². The summed E-state index contributed by atoms with van der Waals surface area (Å²) in [4.78, 5) is 0. The Hall–Kier alpha value is -0.240. The molecule has 0 bridgehead atoms. The van der Waals surface area contributed by atoms with Gasteiger partial charge in [0.15, 0.2) is 0 Å². The number of hydrogen-bond acceptors (Lipinski definition) is 6. The fourth-order valence-corrected chi connectivity index (χ4v) is 1.36. The summed E-state index contributed by atoms with van der Waals surface area (Å²) in [5.41, 5.74) is 0. The molecule has 0 saturated carbocycles. The van der Waals surface area contributed by atoms with Crippen LogP contribution in [0.3, 0.4) is 0 Å². The van der Waals surface area contributed by atoms with Crippen molar-refractivity contribution in [2.24, 2.45) is 0 Å². The first-order valence-electron chi connectivity index (χ1n) is 2.72. The number of rotatable bonds is 5. The van der Waals surface area contributed by atoms with E-state index in [0.717, 1.165) is 0 Å². The van der Waals surface area contributed by atoms with E-state index in [1.54, 1.807) is 0 Å². The zero-order valence-electron chi connectivity index (χ0n) is 6.53. The van der Waals surface area contributed by atoms with E-state index < -0.39 is 32.4 Å². The molecule has 0 rings (SSSR count). The van der Waals surface area contributed by atoms with Crippen LogP contribution in [0.15, 0.2) is 0 Å². The maximum absolute atomic E-state index is 12.5. The summed E-state index contributed by atoms with van der Waals surface area (Å²) < 4.78 is 103. The van der Waals surface area contributed by atoms with Crippen molar-refractivity contribution in [1.29, 1.82) is 0 Å². The first-order valence-corrected chi connectivity index (χ1v) is 5.72.